The Balaban J connectivity index is 0.000000143. The Hall–Kier alpha value is -14.3. The van der Waals surface area contributed by atoms with Crippen LogP contribution in [-0.2, 0) is 35.6 Å². The second-order valence-corrected chi connectivity index (χ2v) is 35.0. The minimum Gasteiger partial charge on any atom is -0.486 e. The number of hydrogen-bond acceptors (Lipinski definition) is 31. The third kappa shape index (κ3) is 23.2. The molecule has 14 heterocycles. The Morgan fingerprint density at radius 2 is 0.797 bits per heavy atom. The van der Waals surface area contributed by atoms with Crippen LogP contribution in [0.4, 0.5) is 64.7 Å². The highest BCUT2D eigenvalue weighted by Gasteiger charge is 2.40. The smallest absolute Gasteiger partial charge is 0.276 e. The first-order chi connectivity index (χ1) is 67.0. The van der Waals surface area contributed by atoms with Crippen LogP contribution >= 0.6 is 0 Å². The number of likely N-dealkylation sites (tertiary alicyclic amines) is 3. The number of piperidine rings is 3. The number of alkyl halides is 3. The fraction of sp³-hybridized carbons (Fsp3) is 0.410. The number of carbonyl (C=O) groups excluding carboxylic acids is 3. The van der Waals surface area contributed by atoms with E-state index in [9.17, 15) is 34.6 Å². The number of nitrogens with zero attached hydrogens (tertiary/aromatic N) is 22. The first-order valence-corrected chi connectivity index (χ1v) is 46.2. The van der Waals surface area contributed by atoms with Crippen molar-refractivity contribution in [3.05, 3.63) is 204 Å². The molecule has 3 N–H and O–H groups in total. The number of aromatic nitrogens is 9. The molecule has 20 rings (SSSR count). The molecule has 10 aromatic rings. The molecule has 0 aliphatic carbocycles. The zero-order chi connectivity index (χ0) is 94.3. The first-order valence-electron chi connectivity index (χ1n) is 46.2. The maximum absolute atomic E-state index is 15.2. The van der Waals surface area contributed by atoms with Crippen LogP contribution in [0.25, 0.3) is 34.2 Å². The van der Waals surface area contributed by atoms with E-state index < -0.39 is 36.8 Å². The summed E-state index contributed by atoms with van der Waals surface area (Å²) < 4.78 is 85.3. The second kappa shape index (κ2) is 44.7. The van der Waals surface area contributed by atoms with Crippen molar-refractivity contribution in [2.45, 2.75) is 81.6 Å². The van der Waals surface area contributed by atoms with E-state index in [0.717, 1.165) is 135 Å². The summed E-state index contributed by atoms with van der Waals surface area (Å²) in [4.78, 5) is 87.7. The molecule has 0 unspecified atom stereocenters. The molecule has 35 nitrogen and oxygen atoms in total. The van der Waals surface area contributed by atoms with Gasteiger partial charge in [-0.3, -0.25) is 38.8 Å². The molecule has 3 amide bonds. The van der Waals surface area contributed by atoms with Crippen LogP contribution in [0.2, 0.25) is 0 Å². The van der Waals surface area contributed by atoms with Gasteiger partial charge in [-0.15, -0.1) is 5.10 Å². The number of allylic oxidation sites excluding steroid dienone is 1. The van der Waals surface area contributed by atoms with Crippen LogP contribution in [0, 0.1) is 34.0 Å². The number of aryl methyl sites for hydroxylation is 1. The number of benzene rings is 6. The summed E-state index contributed by atoms with van der Waals surface area (Å²) in [7, 11) is 3.09. The van der Waals surface area contributed by atoms with Crippen molar-refractivity contribution >= 4 is 75.5 Å². The molecule has 716 valence electrons. The van der Waals surface area contributed by atoms with Crippen molar-refractivity contribution < 1.29 is 60.7 Å². The molecule has 0 radical (unpaired) electrons. The van der Waals surface area contributed by atoms with E-state index in [0.29, 0.717) is 120 Å². The Labute approximate surface area is 798 Å². The molecule has 0 spiro atoms. The average Bonchev–Trinajstić information content (AvgIpc) is 0.991. The van der Waals surface area contributed by atoms with Crippen molar-refractivity contribution in [3.8, 4) is 69.6 Å². The molecule has 38 heteroatoms. The third-order valence-electron chi connectivity index (χ3n) is 26.1. The Kier molecular flexibility index (Phi) is 30.9. The molecular formula is C100H110F3N25O10. The Morgan fingerprint density at radius 1 is 0.449 bits per heavy atom. The second-order valence-electron chi connectivity index (χ2n) is 35.0. The van der Waals surface area contributed by atoms with E-state index in [2.05, 4.69) is 145 Å². The molecule has 9 fully saturated rings. The normalized spacial score (nSPS) is 20.9. The summed E-state index contributed by atoms with van der Waals surface area (Å²) in [5, 5.41) is 47.2. The number of ether oxygens (including phenoxy) is 7. The maximum atomic E-state index is 15.2. The van der Waals surface area contributed by atoms with Gasteiger partial charge in [-0.25, -0.2) is 43.1 Å². The van der Waals surface area contributed by atoms with Gasteiger partial charge in [-0.2, -0.15) is 15.8 Å². The van der Waals surface area contributed by atoms with Crippen molar-refractivity contribution in [2.24, 2.45) is 12.0 Å². The van der Waals surface area contributed by atoms with Gasteiger partial charge < -0.3 is 78.5 Å². The number of anilines is 9. The molecule has 6 atom stereocenters. The third-order valence-corrected chi connectivity index (χ3v) is 26.1. The number of rotatable bonds is 25. The van der Waals surface area contributed by atoms with Gasteiger partial charge in [0.15, 0.2) is 41.7 Å². The lowest BCUT2D eigenvalue weighted by molar-refractivity contribution is -0.139. The Bertz CT molecular complexity index is 6090. The maximum Gasteiger partial charge on any atom is 0.276 e. The van der Waals surface area contributed by atoms with Crippen molar-refractivity contribution in [2.75, 3.05) is 208 Å². The van der Waals surface area contributed by atoms with E-state index in [1.165, 1.54) is 49.8 Å². The molecule has 0 bridgehead atoms. The summed E-state index contributed by atoms with van der Waals surface area (Å²) in [6, 6.07) is 53.7. The van der Waals surface area contributed by atoms with Crippen molar-refractivity contribution in [1.82, 2.24) is 74.3 Å². The predicted octanol–water partition coefficient (Wildman–Crippen LogP) is 10.5. The number of aliphatic imine (C=N–C) groups is 1. The number of piperazine rings is 3. The lowest BCUT2D eigenvalue weighted by Crippen LogP contribution is -2.56. The molecular weight excluding hydrogens is 1770 g/mol. The van der Waals surface area contributed by atoms with Crippen molar-refractivity contribution in [1.29, 1.82) is 15.8 Å². The van der Waals surface area contributed by atoms with Gasteiger partial charge in [-0.05, 0) is 152 Å². The van der Waals surface area contributed by atoms with Crippen LogP contribution in [0.3, 0.4) is 0 Å². The summed E-state index contributed by atoms with van der Waals surface area (Å²) >= 11 is 0. The monoisotopic (exact) mass is 1880 g/mol. The van der Waals surface area contributed by atoms with E-state index in [-0.39, 0.29) is 91.7 Å². The highest BCUT2D eigenvalue weighted by atomic mass is 19.1. The SMILES string of the molecule is C.COCC(=O)N1CC[C@H](Oc2ccc(-c3nccc(Nc4ccc(N5CCN(C6COC6)CC5)cc4)n3)cc2C#N)[C@H](F)C1.Cn1cc(C(=O)N2CC[C@H](Oc3ccc(-c4nccc(Nc5ccc(N6CCN(C7COC7)CC6)cc5)n4)cc3C#N)[C@H](F)C2)nn1.N#Cc1cc(-c2nccc(Nc3ccc(N4CCN(C5COC5)CC4)cc3)n2)ccc1O[C@H]1CCN(C(=O)C2=CC=NC2)C[C@H]1F. The van der Waals surface area contributed by atoms with Gasteiger partial charge in [0.2, 0.25) is 5.91 Å². The van der Waals surface area contributed by atoms with E-state index in [1.54, 1.807) is 111 Å². The van der Waals surface area contributed by atoms with Crippen LogP contribution in [-0.4, -0.2) is 331 Å². The van der Waals surface area contributed by atoms with Gasteiger partial charge in [0.25, 0.3) is 11.8 Å². The predicted molar refractivity (Wildman–Crippen MR) is 513 cm³/mol. The van der Waals surface area contributed by atoms with Gasteiger partial charge in [0.1, 0.15) is 77.8 Å². The molecule has 0 saturated carbocycles. The lowest BCUT2D eigenvalue weighted by atomic mass is 10.0. The largest absolute Gasteiger partial charge is 0.486 e. The van der Waals surface area contributed by atoms with Gasteiger partial charge in [0, 0.05) is 213 Å². The minimum atomic E-state index is -1.44. The summed E-state index contributed by atoms with van der Waals surface area (Å²) in [5.74, 6) is 3.19. The van der Waals surface area contributed by atoms with Crippen LogP contribution in [0.1, 0.15) is 53.9 Å². The topological polar surface area (TPSA) is 373 Å². The number of carbonyl (C=O) groups is 3. The zero-order valence-electron chi connectivity index (χ0n) is 76.1. The number of halogens is 3. The number of hydrogen-bond donors (Lipinski definition) is 3. The summed E-state index contributed by atoms with van der Waals surface area (Å²) in [6.45, 7) is 18.4. The molecule has 4 aromatic heterocycles. The standard InChI is InChI=1S/C34H35FN8O3.C33H35FN10O3.C32H36FN7O4.CH4/c35-29-20-43(34(44)24-7-10-37-19-24)12-9-31(29)46-30-6-1-23(17-25(30)18-36)33-38-11-8-32(40-33)39-26-2-4-27(5-3-26)41-13-15-42(16-14-41)28-21-45-22-28;1-41-19-28(39-40-41)33(45)44-11-9-30(27(34)18-44)47-29-7-2-22(16-23(29)17-35)32-36-10-8-31(38-32)37-24-3-5-25(6-4-24)42-12-14-43(15-13-42)26-20-46-21-26;1-42-21-31(41)40-11-9-29(27(33)18-40)44-28-7-2-22(16-23(28)17-34)32-35-10-8-30(37-32)36-24-3-5-25(6-4-24)38-12-14-39(15-13-38)26-19-43-20-26;/h1-8,10-11,17,28-29,31H,9,12-16,19-22H2,(H,38,39,40);2-8,10,16,19,26-27,30H,9,11-15,18,20-21H2,1H3,(H,36,37,38);2-8,10,16,26-27,29H,9,11-15,18-21H2,1H3,(H,35,36,37);1H4/t29-,31+;27-,30+;27-,29+;/m111./s1. The number of nitriles is 3. The van der Waals surface area contributed by atoms with Gasteiger partial charge in [0.05, 0.1) is 107 Å². The minimum absolute atomic E-state index is 0. The first kappa shape index (κ1) is 95.4. The number of amides is 3. The van der Waals surface area contributed by atoms with Gasteiger partial charge >= 0.3 is 0 Å². The molecule has 9 saturated heterocycles. The van der Waals surface area contributed by atoms with Crippen LogP contribution in [0.15, 0.2) is 187 Å². The molecule has 10 aliphatic heterocycles. The van der Waals surface area contributed by atoms with E-state index in [4.69, 9.17) is 33.2 Å². The molecule has 6 aromatic carbocycles. The van der Waals surface area contributed by atoms with Crippen molar-refractivity contribution in [3.63, 3.8) is 0 Å². The van der Waals surface area contributed by atoms with E-state index >= 15 is 8.78 Å². The number of methoxy groups -OCH3 is 1. The Morgan fingerprint density at radius 3 is 1.10 bits per heavy atom. The summed E-state index contributed by atoms with van der Waals surface area (Å²) in [6.07, 6.45) is 4.11. The van der Waals surface area contributed by atoms with E-state index in [1.807, 2.05) is 36.4 Å². The molecule has 10 aliphatic rings. The number of nitrogens with one attached hydrogen (secondary N) is 3. The van der Waals surface area contributed by atoms with Crippen LogP contribution in [0.5, 0.6) is 17.2 Å². The highest BCUT2D eigenvalue weighted by molar-refractivity contribution is 6.00. The lowest BCUT2D eigenvalue weighted by Gasteiger charge is -2.43. The fourth-order valence-corrected chi connectivity index (χ4v) is 18.0. The fourth-order valence-electron chi connectivity index (χ4n) is 18.0. The highest BCUT2D eigenvalue weighted by Crippen LogP contribution is 2.36. The summed E-state index contributed by atoms with van der Waals surface area (Å²) in [5.41, 5.74) is 9.68. The van der Waals surface area contributed by atoms with Crippen LogP contribution < -0.4 is 44.9 Å². The average molecular weight is 1880 g/mol. The molecule has 138 heavy (non-hydrogen) atoms. The van der Waals surface area contributed by atoms with Gasteiger partial charge in [-0.1, -0.05) is 12.6 Å². The quantitative estimate of drug-likeness (QED) is 0.0478. The zero-order valence-corrected chi connectivity index (χ0v) is 76.1.